The smallest absolute Gasteiger partial charge is 0.249 e. The van der Waals surface area contributed by atoms with Crippen LogP contribution in [0, 0.1) is 0 Å². The highest BCUT2D eigenvalue weighted by Crippen LogP contribution is 1.99. The molecule has 1 aliphatic heterocycles. The minimum Gasteiger partial charge on any atom is -0.363 e. The zero-order valence-electron chi connectivity index (χ0n) is 5.72. The van der Waals surface area contributed by atoms with Gasteiger partial charge in [0.15, 0.2) is 0 Å². The summed E-state index contributed by atoms with van der Waals surface area (Å²) in [6.07, 6.45) is 0.563. The highest BCUT2D eigenvalue weighted by atomic mass is 16.1. The minimum atomic E-state index is 0.00519. The first kappa shape index (κ1) is 6.26. The summed E-state index contributed by atoms with van der Waals surface area (Å²) in [5, 5.41) is 0. The lowest BCUT2D eigenvalue weighted by atomic mass is 10.3. The molecule has 0 atom stereocenters. The van der Waals surface area contributed by atoms with E-state index < -0.39 is 0 Å². The van der Waals surface area contributed by atoms with Crippen molar-refractivity contribution >= 4 is 11.7 Å². The molecule has 3 nitrogen and oxygen atoms in total. The Balaban J connectivity index is 2.72. The largest absolute Gasteiger partial charge is 0.363 e. The second kappa shape index (κ2) is 2.17. The van der Waals surface area contributed by atoms with E-state index in [1.54, 1.807) is 0 Å². The second-order valence-electron chi connectivity index (χ2n) is 2.22. The van der Waals surface area contributed by atoms with Gasteiger partial charge in [-0.25, -0.2) is 4.99 Å². The maximum atomic E-state index is 10.6. The summed E-state index contributed by atoms with van der Waals surface area (Å²) in [4.78, 5) is 16.3. The maximum absolute atomic E-state index is 10.6. The van der Waals surface area contributed by atoms with E-state index in [0.29, 0.717) is 6.42 Å². The normalized spacial score (nSPS) is 20.0. The molecule has 50 valence electrons. The lowest BCUT2D eigenvalue weighted by molar-refractivity contribution is -0.118. The predicted octanol–water partition coefficient (Wildman–Crippen LogP) is 0.267. The van der Waals surface area contributed by atoms with Gasteiger partial charge in [-0.2, -0.15) is 0 Å². The van der Waals surface area contributed by atoms with Crippen molar-refractivity contribution < 1.29 is 4.79 Å². The minimum absolute atomic E-state index is 0.00519. The van der Waals surface area contributed by atoms with E-state index in [1.807, 2.05) is 18.9 Å². The van der Waals surface area contributed by atoms with Crippen LogP contribution in [0.25, 0.3) is 0 Å². The Kier molecular flexibility index (Phi) is 1.51. The molecule has 0 unspecified atom stereocenters. The van der Waals surface area contributed by atoms with Crippen molar-refractivity contribution in [3.63, 3.8) is 0 Å². The molecule has 1 aliphatic rings. The molecule has 0 aliphatic carbocycles. The molecule has 1 heterocycles. The van der Waals surface area contributed by atoms with Crippen LogP contribution in [0.5, 0.6) is 0 Å². The molecule has 0 aromatic heterocycles. The topological polar surface area (TPSA) is 32.7 Å². The van der Waals surface area contributed by atoms with E-state index in [2.05, 4.69) is 4.99 Å². The SMILES string of the molecule is CC1=NC(=O)CCN1C. The maximum Gasteiger partial charge on any atom is 0.249 e. The fourth-order valence-electron chi connectivity index (χ4n) is 0.747. The number of carbonyl (C=O) groups is 1. The Labute approximate surface area is 54.4 Å². The molecule has 3 heteroatoms. The Morgan fingerprint density at radius 2 is 2.33 bits per heavy atom. The third-order valence-corrected chi connectivity index (χ3v) is 1.50. The number of hydrogen-bond acceptors (Lipinski definition) is 2. The monoisotopic (exact) mass is 126 g/mol. The van der Waals surface area contributed by atoms with Crippen molar-refractivity contribution in [3.05, 3.63) is 0 Å². The van der Waals surface area contributed by atoms with Gasteiger partial charge in [-0.15, -0.1) is 0 Å². The second-order valence-corrected chi connectivity index (χ2v) is 2.22. The molecular weight excluding hydrogens is 116 g/mol. The molecule has 0 aromatic carbocycles. The van der Waals surface area contributed by atoms with Gasteiger partial charge in [0, 0.05) is 20.0 Å². The average Bonchev–Trinajstić information content (AvgIpc) is 1.80. The number of hydrogen-bond donors (Lipinski definition) is 0. The van der Waals surface area contributed by atoms with Crippen molar-refractivity contribution in [1.82, 2.24) is 4.90 Å². The van der Waals surface area contributed by atoms with Crippen molar-refractivity contribution in [2.75, 3.05) is 13.6 Å². The van der Waals surface area contributed by atoms with Gasteiger partial charge in [0.2, 0.25) is 5.91 Å². The predicted molar refractivity (Wildman–Crippen MR) is 35.4 cm³/mol. The number of carbonyl (C=O) groups excluding carboxylic acids is 1. The molecule has 9 heavy (non-hydrogen) atoms. The van der Waals surface area contributed by atoms with E-state index in [9.17, 15) is 4.79 Å². The zero-order valence-corrected chi connectivity index (χ0v) is 5.72. The van der Waals surface area contributed by atoms with Gasteiger partial charge in [-0.3, -0.25) is 4.79 Å². The van der Waals surface area contributed by atoms with Crippen LogP contribution < -0.4 is 0 Å². The van der Waals surface area contributed by atoms with E-state index in [4.69, 9.17) is 0 Å². The first-order valence-electron chi connectivity index (χ1n) is 2.99. The van der Waals surface area contributed by atoms with Gasteiger partial charge in [0.25, 0.3) is 0 Å². The van der Waals surface area contributed by atoms with Gasteiger partial charge in [0.1, 0.15) is 5.84 Å². The van der Waals surface area contributed by atoms with Crippen molar-refractivity contribution in [1.29, 1.82) is 0 Å². The Morgan fingerprint density at radius 3 is 2.78 bits per heavy atom. The molecule has 0 aromatic rings. The lowest BCUT2D eigenvalue weighted by Crippen LogP contribution is -2.31. The van der Waals surface area contributed by atoms with Crippen molar-refractivity contribution in [2.24, 2.45) is 4.99 Å². The van der Waals surface area contributed by atoms with Gasteiger partial charge in [-0.1, -0.05) is 0 Å². The summed E-state index contributed by atoms with van der Waals surface area (Å²) in [6.45, 7) is 2.66. The van der Waals surface area contributed by atoms with Crippen LogP contribution in [0.15, 0.2) is 4.99 Å². The van der Waals surface area contributed by atoms with E-state index in [-0.39, 0.29) is 5.91 Å². The number of amides is 1. The first-order chi connectivity index (χ1) is 4.20. The molecule has 0 bridgehead atoms. The third-order valence-electron chi connectivity index (χ3n) is 1.50. The number of amidine groups is 1. The van der Waals surface area contributed by atoms with E-state index in [0.717, 1.165) is 12.4 Å². The average molecular weight is 126 g/mol. The van der Waals surface area contributed by atoms with Gasteiger partial charge >= 0.3 is 0 Å². The lowest BCUT2D eigenvalue weighted by Gasteiger charge is -2.20. The number of aliphatic imine (C=N–C) groups is 1. The highest BCUT2D eigenvalue weighted by Gasteiger charge is 2.11. The quantitative estimate of drug-likeness (QED) is 0.466. The van der Waals surface area contributed by atoms with Gasteiger partial charge in [-0.05, 0) is 6.92 Å². The van der Waals surface area contributed by atoms with Crippen molar-refractivity contribution in [2.45, 2.75) is 13.3 Å². The molecule has 0 fully saturated rings. The van der Waals surface area contributed by atoms with E-state index >= 15 is 0 Å². The van der Waals surface area contributed by atoms with Crippen LogP contribution in [-0.4, -0.2) is 30.2 Å². The molecule has 0 spiro atoms. The molecule has 0 saturated carbocycles. The fraction of sp³-hybridized carbons (Fsp3) is 0.667. The molecular formula is C6H10N2O. The highest BCUT2D eigenvalue weighted by molar-refractivity contribution is 5.95. The number of rotatable bonds is 0. The van der Waals surface area contributed by atoms with Gasteiger partial charge in [0.05, 0.1) is 0 Å². The first-order valence-corrected chi connectivity index (χ1v) is 2.99. The Morgan fingerprint density at radius 1 is 1.67 bits per heavy atom. The molecule has 0 N–H and O–H groups in total. The summed E-state index contributed by atoms with van der Waals surface area (Å²) in [7, 11) is 1.94. The van der Waals surface area contributed by atoms with Crippen LogP contribution in [0.2, 0.25) is 0 Å². The van der Waals surface area contributed by atoms with E-state index in [1.165, 1.54) is 0 Å². The summed E-state index contributed by atoms with van der Waals surface area (Å²) in [5.41, 5.74) is 0. The van der Waals surface area contributed by atoms with Crippen LogP contribution in [-0.2, 0) is 4.79 Å². The molecule has 0 radical (unpaired) electrons. The standard InChI is InChI=1S/C6H10N2O/c1-5-7-6(9)3-4-8(5)2/h3-4H2,1-2H3. The van der Waals surface area contributed by atoms with Crippen LogP contribution >= 0.6 is 0 Å². The van der Waals surface area contributed by atoms with Crippen LogP contribution in [0.3, 0.4) is 0 Å². The summed E-state index contributed by atoms with van der Waals surface area (Å²) in [6, 6.07) is 0. The van der Waals surface area contributed by atoms with Crippen molar-refractivity contribution in [3.8, 4) is 0 Å². The third kappa shape index (κ3) is 1.28. The Hall–Kier alpha value is -0.860. The zero-order chi connectivity index (χ0) is 6.85. The number of nitrogens with zero attached hydrogens (tertiary/aromatic N) is 2. The summed E-state index contributed by atoms with van der Waals surface area (Å²) < 4.78 is 0. The van der Waals surface area contributed by atoms with Crippen LogP contribution in [0.4, 0.5) is 0 Å². The van der Waals surface area contributed by atoms with Crippen LogP contribution in [0.1, 0.15) is 13.3 Å². The fourth-order valence-corrected chi connectivity index (χ4v) is 0.747. The molecule has 1 rings (SSSR count). The summed E-state index contributed by atoms with van der Waals surface area (Å²) >= 11 is 0. The molecule has 1 amide bonds. The van der Waals surface area contributed by atoms with Gasteiger partial charge < -0.3 is 4.90 Å². The molecule has 0 saturated heterocycles. The Bertz CT molecular complexity index is 162. The summed E-state index contributed by atoms with van der Waals surface area (Å²) in [5.74, 6) is 0.830.